The molecule has 2 N–H and O–H groups in total. The quantitative estimate of drug-likeness (QED) is 0.589. The van der Waals surface area contributed by atoms with E-state index >= 15 is 0 Å². The average molecular weight is 372 g/mol. The van der Waals surface area contributed by atoms with Gasteiger partial charge in [-0.2, -0.15) is 5.10 Å². The Bertz CT molecular complexity index is 829. The van der Waals surface area contributed by atoms with Gasteiger partial charge >= 0.3 is 0 Å². The molecule has 6 heteroatoms. The summed E-state index contributed by atoms with van der Waals surface area (Å²) in [5.41, 5.74) is 6.99. The zero-order valence-electron chi connectivity index (χ0n) is 15.1. The first-order valence-electron chi connectivity index (χ1n) is 8.31. The number of nitrogens with one attached hydrogen (secondary N) is 2. The summed E-state index contributed by atoms with van der Waals surface area (Å²) in [6, 6.07) is 12.9. The number of aryl methyl sites for hydroxylation is 2. The predicted octanol–water partition coefficient (Wildman–Crippen LogP) is 4.22. The molecule has 2 aromatic carbocycles. The van der Waals surface area contributed by atoms with Crippen LogP contribution in [0.5, 0.6) is 0 Å². The Morgan fingerprint density at radius 2 is 1.62 bits per heavy atom. The lowest BCUT2D eigenvalue weighted by Gasteiger charge is -2.07. The highest BCUT2D eigenvalue weighted by Crippen LogP contribution is 2.14. The van der Waals surface area contributed by atoms with Crippen LogP contribution in [-0.2, 0) is 9.59 Å². The third-order valence-corrected chi connectivity index (χ3v) is 4.23. The Labute approximate surface area is 158 Å². The second kappa shape index (κ2) is 9.15. The molecular weight excluding hydrogens is 350 g/mol. The van der Waals surface area contributed by atoms with Crippen molar-refractivity contribution >= 4 is 34.8 Å². The molecule has 2 amide bonds. The lowest BCUT2D eigenvalue weighted by atomic mass is 10.1. The highest BCUT2D eigenvalue weighted by molar-refractivity contribution is 6.30. The molecule has 0 saturated heterocycles. The number of hydrogen-bond acceptors (Lipinski definition) is 3. The molecule has 0 aliphatic carbocycles. The van der Waals surface area contributed by atoms with E-state index < -0.39 is 0 Å². The zero-order chi connectivity index (χ0) is 19.1. The van der Waals surface area contributed by atoms with Gasteiger partial charge in [0.05, 0.1) is 5.71 Å². The zero-order valence-corrected chi connectivity index (χ0v) is 15.9. The van der Waals surface area contributed by atoms with Crippen LogP contribution >= 0.6 is 11.6 Å². The second-order valence-electron chi connectivity index (χ2n) is 6.09. The summed E-state index contributed by atoms with van der Waals surface area (Å²) in [6.45, 7) is 5.78. The Balaban J connectivity index is 1.80. The maximum atomic E-state index is 12.0. The maximum absolute atomic E-state index is 12.0. The van der Waals surface area contributed by atoms with Gasteiger partial charge in [-0.25, -0.2) is 5.43 Å². The van der Waals surface area contributed by atoms with Crippen LogP contribution in [0.3, 0.4) is 0 Å². The van der Waals surface area contributed by atoms with E-state index in [1.165, 1.54) is 0 Å². The van der Waals surface area contributed by atoms with Crippen molar-refractivity contribution in [1.29, 1.82) is 0 Å². The molecule has 26 heavy (non-hydrogen) atoms. The summed E-state index contributed by atoms with van der Waals surface area (Å²) in [7, 11) is 0. The highest BCUT2D eigenvalue weighted by Gasteiger charge is 2.08. The molecular formula is C20H22ClN3O2. The van der Waals surface area contributed by atoms with Gasteiger partial charge in [0.25, 0.3) is 0 Å². The van der Waals surface area contributed by atoms with Crippen molar-refractivity contribution in [1.82, 2.24) is 5.43 Å². The highest BCUT2D eigenvalue weighted by atomic mass is 35.5. The van der Waals surface area contributed by atoms with Crippen LogP contribution in [0.15, 0.2) is 47.6 Å². The molecule has 0 aliphatic rings. The van der Waals surface area contributed by atoms with Crippen molar-refractivity contribution in [3.05, 3.63) is 64.2 Å². The molecule has 0 saturated carbocycles. The number of anilines is 1. The minimum atomic E-state index is -0.312. The van der Waals surface area contributed by atoms with E-state index in [-0.39, 0.29) is 24.7 Å². The van der Waals surface area contributed by atoms with Gasteiger partial charge in [0.2, 0.25) is 11.8 Å². The Hall–Kier alpha value is -2.66. The average Bonchev–Trinajstić information content (AvgIpc) is 2.61. The Kier molecular flexibility index (Phi) is 6.92. The van der Waals surface area contributed by atoms with E-state index in [0.29, 0.717) is 10.7 Å². The fourth-order valence-corrected chi connectivity index (χ4v) is 2.35. The Morgan fingerprint density at radius 1 is 0.962 bits per heavy atom. The molecule has 0 bridgehead atoms. The van der Waals surface area contributed by atoms with Crippen LogP contribution in [0, 0.1) is 13.8 Å². The molecule has 0 fully saturated rings. The lowest BCUT2D eigenvalue weighted by molar-refractivity contribution is -0.124. The first-order chi connectivity index (χ1) is 12.3. The second-order valence-corrected chi connectivity index (χ2v) is 6.52. The van der Waals surface area contributed by atoms with Crippen LogP contribution in [0.1, 0.15) is 36.5 Å². The number of carbonyl (C=O) groups excluding carboxylic acids is 2. The number of rotatable bonds is 6. The third-order valence-electron chi connectivity index (χ3n) is 3.98. The van der Waals surface area contributed by atoms with Crippen molar-refractivity contribution < 1.29 is 9.59 Å². The number of hydrazone groups is 1. The molecule has 0 radical (unpaired) electrons. The van der Waals surface area contributed by atoms with E-state index in [9.17, 15) is 9.59 Å². The summed E-state index contributed by atoms with van der Waals surface area (Å²) in [5.74, 6) is -0.518. The van der Waals surface area contributed by atoms with Gasteiger partial charge in [-0.3, -0.25) is 9.59 Å². The van der Waals surface area contributed by atoms with E-state index in [1.54, 1.807) is 19.1 Å². The van der Waals surface area contributed by atoms with Gasteiger partial charge in [-0.05, 0) is 61.7 Å². The number of amides is 2. The van der Waals surface area contributed by atoms with E-state index in [1.807, 2.05) is 44.2 Å². The molecule has 0 aliphatic heterocycles. The summed E-state index contributed by atoms with van der Waals surface area (Å²) in [6.07, 6.45) is 0.155. The van der Waals surface area contributed by atoms with Crippen molar-refractivity contribution in [3.63, 3.8) is 0 Å². The Morgan fingerprint density at radius 3 is 2.27 bits per heavy atom. The van der Waals surface area contributed by atoms with Gasteiger partial charge in [0.1, 0.15) is 0 Å². The van der Waals surface area contributed by atoms with Crippen LogP contribution in [-0.4, -0.2) is 17.5 Å². The predicted molar refractivity (Wildman–Crippen MR) is 106 cm³/mol. The monoisotopic (exact) mass is 371 g/mol. The summed E-state index contributed by atoms with van der Waals surface area (Å²) >= 11 is 5.84. The van der Waals surface area contributed by atoms with E-state index in [0.717, 1.165) is 22.4 Å². The number of carbonyl (C=O) groups is 2. The molecule has 0 heterocycles. The molecule has 0 atom stereocenters. The van der Waals surface area contributed by atoms with Crippen LogP contribution < -0.4 is 10.7 Å². The van der Waals surface area contributed by atoms with Crippen molar-refractivity contribution in [2.75, 3.05) is 5.32 Å². The fourth-order valence-electron chi connectivity index (χ4n) is 2.23. The van der Waals surface area contributed by atoms with Crippen molar-refractivity contribution in [2.45, 2.75) is 33.6 Å². The van der Waals surface area contributed by atoms with Gasteiger partial charge < -0.3 is 5.32 Å². The van der Waals surface area contributed by atoms with Gasteiger partial charge in [-0.1, -0.05) is 29.8 Å². The lowest BCUT2D eigenvalue weighted by Crippen LogP contribution is -2.21. The van der Waals surface area contributed by atoms with Crippen molar-refractivity contribution in [2.24, 2.45) is 5.10 Å². The van der Waals surface area contributed by atoms with E-state index in [2.05, 4.69) is 15.8 Å². The fraction of sp³-hybridized carbons (Fsp3) is 0.250. The molecule has 2 aromatic rings. The van der Waals surface area contributed by atoms with Crippen LogP contribution in [0.2, 0.25) is 5.02 Å². The van der Waals surface area contributed by atoms with Crippen molar-refractivity contribution in [3.8, 4) is 0 Å². The number of nitrogens with zero attached hydrogens (tertiary/aromatic N) is 1. The molecule has 0 aromatic heterocycles. The van der Waals surface area contributed by atoms with Gasteiger partial charge in [0, 0.05) is 23.6 Å². The van der Waals surface area contributed by atoms with Crippen LogP contribution in [0.4, 0.5) is 5.69 Å². The maximum Gasteiger partial charge on any atom is 0.240 e. The molecule has 2 rings (SSSR count). The van der Waals surface area contributed by atoms with Gasteiger partial charge in [-0.15, -0.1) is 0 Å². The number of benzene rings is 2. The minimum absolute atomic E-state index is 0.0636. The number of hydrogen-bond donors (Lipinski definition) is 2. The minimum Gasteiger partial charge on any atom is -0.326 e. The summed E-state index contributed by atoms with van der Waals surface area (Å²) in [5, 5.41) is 7.48. The smallest absolute Gasteiger partial charge is 0.240 e. The summed E-state index contributed by atoms with van der Waals surface area (Å²) in [4.78, 5) is 23.8. The third kappa shape index (κ3) is 6.01. The number of halogens is 1. The van der Waals surface area contributed by atoms with Gasteiger partial charge in [0.15, 0.2) is 0 Å². The van der Waals surface area contributed by atoms with Crippen LogP contribution in [0.25, 0.3) is 0 Å². The molecule has 0 spiro atoms. The normalized spacial score (nSPS) is 11.2. The molecule has 0 unspecified atom stereocenters. The SMILES string of the molecule is C/C(=N\NC(=O)CCC(=O)Nc1ccc(C)c(C)c1)c1ccc(Cl)cc1. The molecule has 136 valence electrons. The van der Waals surface area contributed by atoms with E-state index in [4.69, 9.17) is 11.6 Å². The summed E-state index contributed by atoms with van der Waals surface area (Å²) < 4.78 is 0. The topological polar surface area (TPSA) is 70.6 Å². The molecule has 5 nitrogen and oxygen atoms in total. The first kappa shape index (κ1) is 19.7. The standard InChI is InChI=1S/C20H22ClN3O2/c1-13-4-9-18(12-14(13)2)22-19(25)10-11-20(26)24-23-15(3)16-5-7-17(21)8-6-16/h4-9,12H,10-11H2,1-3H3,(H,22,25)(H,24,26)/b23-15+. The first-order valence-corrected chi connectivity index (χ1v) is 8.69. The largest absolute Gasteiger partial charge is 0.326 e.